The van der Waals surface area contributed by atoms with Gasteiger partial charge in [0.1, 0.15) is 6.10 Å². The van der Waals surface area contributed by atoms with Gasteiger partial charge < -0.3 is 20.1 Å². The number of benzene rings is 1. The Bertz CT molecular complexity index is 575. The summed E-state index contributed by atoms with van der Waals surface area (Å²) in [5.74, 6) is -0.179. The van der Waals surface area contributed by atoms with Crippen molar-refractivity contribution in [2.75, 3.05) is 36.0 Å². The van der Waals surface area contributed by atoms with Crippen molar-refractivity contribution in [1.82, 2.24) is 5.32 Å². The van der Waals surface area contributed by atoms with E-state index in [1.165, 1.54) is 16.7 Å². The molecule has 2 rings (SSSR count). The summed E-state index contributed by atoms with van der Waals surface area (Å²) in [4.78, 5) is 36.6. The van der Waals surface area contributed by atoms with Gasteiger partial charge in [-0.05, 0) is 24.3 Å². The third-order valence-electron chi connectivity index (χ3n) is 3.41. The number of amides is 3. The summed E-state index contributed by atoms with van der Waals surface area (Å²) >= 11 is 0. The van der Waals surface area contributed by atoms with Crippen molar-refractivity contribution in [3.63, 3.8) is 0 Å². The van der Waals surface area contributed by atoms with E-state index in [0.29, 0.717) is 24.3 Å². The van der Waals surface area contributed by atoms with Gasteiger partial charge in [-0.2, -0.15) is 0 Å². The molecule has 1 aromatic carbocycles. The lowest BCUT2D eigenvalue weighted by atomic mass is 10.2. The number of carbonyl (C=O) groups is 3. The van der Waals surface area contributed by atoms with Crippen molar-refractivity contribution < 1.29 is 24.2 Å². The Morgan fingerprint density at radius 3 is 2.74 bits per heavy atom. The van der Waals surface area contributed by atoms with E-state index in [0.717, 1.165) is 0 Å². The van der Waals surface area contributed by atoms with Crippen LogP contribution >= 0.6 is 0 Å². The third-order valence-corrected chi connectivity index (χ3v) is 3.41. The first kappa shape index (κ1) is 16.8. The van der Waals surface area contributed by atoms with E-state index in [1.54, 1.807) is 24.3 Å². The fourth-order valence-corrected chi connectivity index (χ4v) is 2.27. The zero-order valence-corrected chi connectivity index (χ0v) is 12.8. The predicted molar refractivity (Wildman–Crippen MR) is 83.2 cm³/mol. The van der Waals surface area contributed by atoms with Crippen LogP contribution in [-0.2, 0) is 14.3 Å². The SMILES string of the molecule is CC(=O)NC[C@H]1CN(c2ccc(N(C=O)CCO)cc2)C(=O)O1. The first-order valence-corrected chi connectivity index (χ1v) is 7.20. The van der Waals surface area contributed by atoms with Crippen LogP contribution in [0.25, 0.3) is 0 Å². The minimum atomic E-state index is -0.476. The molecule has 1 aliphatic rings. The monoisotopic (exact) mass is 321 g/mol. The highest BCUT2D eigenvalue weighted by Gasteiger charge is 2.32. The first-order chi connectivity index (χ1) is 11.0. The summed E-state index contributed by atoms with van der Waals surface area (Å²) in [5.41, 5.74) is 1.26. The first-order valence-electron chi connectivity index (χ1n) is 7.20. The van der Waals surface area contributed by atoms with Crippen molar-refractivity contribution in [2.24, 2.45) is 0 Å². The molecule has 0 unspecified atom stereocenters. The number of aliphatic hydroxyl groups is 1. The second-order valence-electron chi connectivity index (χ2n) is 5.09. The molecule has 1 heterocycles. The van der Waals surface area contributed by atoms with E-state index in [9.17, 15) is 14.4 Å². The molecule has 0 spiro atoms. The van der Waals surface area contributed by atoms with Crippen LogP contribution in [-0.4, -0.2) is 55.9 Å². The van der Waals surface area contributed by atoms with Crippen LogP contribution in [0.1, 0.15) is 6.92 Å². The average molecular weight is 321 g/mol. The number of rotatable bonds is 7. The molecule has 0 bridgehead atoms. The molecule has 0 saturated carbocycles. The lowest BCUT2D eigenvalue weighted by Gasteiger charge is -2.18. The van der Waals surface area contributed by atoms with Crippen molar-refractivity contribution >= 4 is 29.8 Å². The van der Waals surface area contributed by atoms with Crippen LogP contribution in [0.15, 0.2) is 24.3 Å². The number of nitrogens with one attached hydrogen (secondary N) is 1. The van der Waals surface area contributed by atoms with Gasteiger partial charge in [0.2, 0.25) is 12.3 Å². The minimum Gasteiger partial charge on any atom is -0.442 e. The zero-order valence-electron chi connectivity index (χ0n) is 12.8. The maximum atomic E-state index is 11.9. The van der Waals surface area contributed by atoms with Gasteiger partial charge in [-0.1, -0.05) is 0 Å². The summed E-state index contributed by atoms with van der Waals surface area (Å²) in [5, 5.41) is 11.5. The standard InChI is InChI=1S/C15H19N3O5/c1-11(21)16-8-14-9-18(15(22)23-14)13-4-2-12(3-5-13)17(10-20)6-7-19/h2-5,10,14,19H,6-9H2,1H3,(H,16,21)/t14-/m0/s1. The highest BCUT2D eigenvalue weighted by molar-refractivity contribution is 5.90. The lowest BCUT2D eigenvalue weighted by molar-refractivity contribution is -0.119. The quantitative estimate of drug-likeness (QED) is 0.694. The van der Waals surface area contributed by atoms with Crippen molar-refractivity contribution in [1.29, 1.82) is 0 Å². The van der Waals surface area contributed by atoms with E-state index >= 15 is 0 Å². The fourth-order valence-electron chi connectivity index (χ4n) is 2.27. The normalized spacial score (nSPS) is 16.9. The number of nitrogens with zero attached hydrogens (tertiary/aromatic N) is 2. The van der Waals surface area contributed by atoms with Gasteiger partial charge in [-0.15, -0.1) is 0 Å². The summed E-state index contributed by atoms with van der Waals surface area (Å²) in [6.45, 7) is 2.08. The maximum Gasteiger partial charge on any atom is 0.414 e. The molecule has 0 radical (unpaired) electrons. The molecule has 8 nitrogen and oxygen atoms in total. The molecule has 2 N–H and O–H groups in total. The van der Waals surface area contributed by atoms with Gasteiger partial charge >= 0.3 is 6.09 Å². The van der Waals surface area contributed by atoms with Crippen LogP contribution in [0.4, 0.5) is 16.2 Å². The summed E-state index contributed by atoms with van der Waals surface area (Å²) in [6.07, 6.45) is -0.235. The number of carbonyl (C=O) groups excluding carboxylic acids is 3. The minimum absolute atomic E-state index is 0.135. The number of hydrogen-bond donors (Lipinski definition) is 2. The number of cyclic esters (lactones) is 1. The zero-order chi connectivity index (χ0) is 16.8. The number of ether oxygens (including phenoxy) is 1. The summed E-state index contributed by atoms with van der Waals surface area (Å²) < 4.78 is 5.19. The van der Waals surface area contributed by atoms with Gasteiger partial charge in [-0.25, -0.2) is 4.79 Å². The molecule has 23 heavy (non-hydrogen) atoms. The molecule has 124 valence electrons. The molecule has 3 amide bonds. The van der Waals surface area contributed by atoms with Crippen LogP contribution in [0.5, 0.6) is 0 Å². The van der Waals surface area contributed by atoms with Gasteiger partial charge in [-0.3, -0.25) is 14.5 Å². The van der Waals surface area contributed by atoms with Crippen molar-refractivity contribution in [3.05, 3.63) is 24.3 Å². The number of anilines is 2. The maximum absolute atomic E-state index is 11.9. The Balaban J connectivity index is 2.03. The molecule has 1 saturated heterocycles. The Hall–Kier alpha value is -2.61. The smallest absolute Gasteiger partial charge is 0.414 e. The fraction of sp³-hybridized carbons (Fsp3) is 0.400. The molecule has 8 heteroatoms. The van der Waals surface area contributed by atoms with Gasteiger partial charge in [0.05, 0.1) is 19.7 Å². The topological polar surface area (TPSA) is 99.2 Å². The van der Waals surface area contributed by atoms with Crippen molar-refractivity contribution in [3.8, 4) is 0 Å². The molecule has 1 atom stereocenters. The second-order valence-corrected chi connectivity index (χ2v) is 5.09. The van der Waals surface area contributed by atoms with Gasteiger partial charge in [0, 0.05) is 24.8 Å². The molecule has 1 aliphatic heterocycles. The van der Waals surface area contributed by atoms with E-state index in [4.69, 9.17) is 9.84 Å². The Kier molecular flexibility index (Phi) is 5.53. The molecular weight excluding hydrogens is 302 g/mol. The van der Waals surface area contributed by atoms with Gasteiger partial charge in [0.25, 0.3) is 0 Å². The van der Waals surface area contributed by atoms with E-state index in [-0.39, 0.29) is 25.6 Å². The van der Waals surface area contributed by atoms with Crippen LogP contribution < -0.4 is 15.1 Å². The van der Waals surface area contributed by atoms with E-state index in [2.05, 4.69) is 5.32 Å². The van der Waals surface area contributed by atoms with Gasteiger partial charge in [0.15, 0.2) is 0 Å². The largest absolute Gasteiger partial charge is 0.442 e. The lowest BCUT2D eigenvalue weighted by Crippen LogP contribution is -2.33. The van der Waals surface area contributed by atoms with Crippen LogP contribution in [0, 0.1) is 0 Å². The van der Waals surface area contributed by atoms with Crippen LogP contribution in [0.2, 0.25) is 0 Å². The third kappa shape index (κ3) is 4.19. The number of aliphatic hydroxyl groups excluding tert-OH is 1. The molecular formula is C15H19N3O5. The Morgan fingerprint density at radius 1 is 1.48 bits per heavy atom. The highest BCUT2D eigenvalue weighted by atomic mass is 16.6. The average Bonchev–Trinajstić information content (AvgIpc) is 2.92. The van der Waals surface area contributed by atoms with E-state index < -0.39 is 12.2 Å². The molecule has 1 fully saturated rings. The predicted octanol–water partition coefficient (Wildman–Crippen LogP) is 0.103. The Labute approximate surface area is 133 Å². The molecule has 0 aliphatic carbocycles. The summed E-state index contributed by atoms with van der Waals surface area (Å²) in [6, 6.07) is 6.78. The molecule has 1 aromatic rings. The second kappa shape index (κ2) is 7.59. The number of hydrogen-bond acceptors (Lipinski definition) is 5. The van der Waals surface area contributed by atoms with E-state index in [1.807, 2.05) is 0 Å². The molecule has 0 aromatic heterocycles. The van der Waals surface area contributed by atoms with Crippen LogP contribution in [0.3, 0.4) is 0 Å². The summed E-state index contributed by atoms with van der Waals surface area (Å²) in [7, 11) is 0. The Morgan fingerprint density at radius 2 is 2.17 bits per heavy atom. The van der Waals surface area contributed by atoms with Crippen molar-refractivity contribution in [2.45, 2.75) is 13.0 Å². The highest BCUT2D eigenvalue weighted by Crippen LogP contribution is 2.24.